The molecule has 1 aromatic heterocycles. The zero-order valence-corrected chi connectivity index (χ0v) is 20.4. The molecule has 0 radical (unpaired) electrons. The summed E-state index contributed by atoms with van der Waals surface area (Å²) in [7, 11) is 0. The van der Waals surface area contributed by atoms with Gasteiger partial charge in [0.1, 0.15) is 5.82 Å². The van der Waals surface area contributed by atoms with Crippen molar-refractivity contribution in [3.63, 3.8) is 0 Å². The lowest BCUT2D eigenvalue weighted by Crippen LogP contribution is -2.44. The van der Waals surface area contributed by atoms with E-state index in [1.807, 2.05) is 53.7 Å². The molecule has 31 heavy (non-hydrogen) atoms. The maximum atomic E-state index is 13.4. The summed E-state index contributed by atoms with van der Waals surface area (Å²) in [5, 5.41) is 0. The molecular formula is C25H35FN2O2S. The first-order valence-electron chi connectivity index (χ1n) is 10.8. The highest BCUT2D eigenvalue weighted by Crippen LogP contribution is 2.22. The van der Waals surface area contributed by atoms with E-state index >= 15 is 0 Å². The molecule has 4 nitrogen and oxygen atoms in total. The molecule has 0 N–H and O–H groups in total. The van der Waals surface area contributed by atoms with Crippen molar-refractivity contribution in [2.24, 2.45) is 11.3 Å². The molecule has 0 aliphatic heterocycles. The highest BCUT2D eigenvalue weighted by Gasteiger charge is 2.26. The Labute approximate surface area is 190 Å². The molecule has 2 rings (SSSR count). The first-order valence-corrected chi connectivity index (χ1v) is 11.6. The van der Waals surface area contributed by atoms with Crippen molar-refractivity contribution in [1.82, 2.24) is 9.80 Å². The van der Waals surface area contributed by atoms with E-state index in [0.29, 0.717) is 26.1 Å². The summed E-state index contributed by atoms with van der Waals surface area (Å²) < 4.78 is 13.3. The summed E-state index contributed by atoms with van der Waals surface area (Å²) in [6.45, 7) is 13.7. The summed E-state index contributed by atoms with van der Waals surface area (Å²) >= 11 is 1.66. The molecule has 6 heteroatoms. The van der Waals surface area contributed by atoms with Crippen LogP contribution in [0.3, 0.4) is 0 Å². The van der Waals surface area contributed by atoms with Crippen LogP contribution in [-0.4, -0.2) is 34.7 Å². The van der Waals surface area contributed by atoms with Gasteiger partial charge in [-0.3, -0.25) is 9.59 Å². The van der Waals surface area contributed by atoms with Gasteiger partial charge < -0.3 is 9.80 Å². The van der Waals surface area contributed by atoms with Crippen molar-refractivity contribution >= 4 is 23.2 Å². The highest BCUT2D eigenvalue weighted by molar-refractivity contribution is 7.11. The van der Waals surface area contributed by atoms with Crippen LogP contribution in [0.2, 0.25) is 0 Å². The van der Waals surface area contributed by atoms with Gasteiger partial charge in [0, 0.05) is 29.3 Å². The molecule has 1 heterocycles. The normalized spacial score (nSPS) is 11.6. The number of halogens is 1. The highest BCUT2D eigenvalue weighted by atomic mass is 32.1. The van der Waals surface area contributed by atoms with Crippen molar-refractivity contribution in [1.29, 1.82) is 0 Å². The predicted molar refractivity (Wildman–Crippen MR) is 125 cm³/mol. The molecule has 1 aromatic carbocycles. The van der Waals surface area contributed by atoms with Crippen molar-refractivity contribution in [3.8, 4) is 0 Å². The van der Waals surface area contributed by atoms with Crippen LogP contribution in [0, 0.1) is 24.1 Å². The number of thiophene rings is 1. The van der Waals surface area contributed by atoms with Crippen LogP contribution < -0.4 is 0 Å². The Morgan fingerprint density at radius 3 is 2.13 bits per heavy atom. The summed E-state index contributed by atoms with van der Waals surface area (Å²) in [6.07, 6.45) is 0.398. The zero-order valence-electron chi connectivity index (χ0n) is 19.6. The van der Waals surface area contributed by atoms with Crippen LogP contribution in [0.25, 0.3) is 0 Å². The van der Waals surface area contributed by atoms with Crippen LogP contribution in [0.1, 0.15) is 56.4 Å². The van der Waals surface area contributed by atoms with Gasteiger partial charge in [0.05, 0.1) is 13.1 Å². The van der Waals surface area contributed by atoms with Crippen molar-refractivity contribution in [3.05, 3.63) is 57.5 Å². The minimum Gasteiger partial charge on any atom is -0.333 e. The molecule has 0 fully saturated rings. The Bertz CT molecular complexity index is 868. The van der Waals surface area contributed by atoms with E-state index in [0.717, 1.165) is 10.4 Å². The van der Waals surface area contributed by atoms with Gasteiger partial charge in [0.15, 0.2) is 0 Å². The van der Waals surface area contributed by atoms with E-state index in [4.69, 9.17) is 0 Å². The standard InChI is InChI=1S/C25H35FN2O2S/c1-18(2)14-27(23(29)13-25(4,5)6)17-24(30)28(16-22-12-7-19(3)31-22)15-20-8-10-21(26)11-9-20/h7-12,18H,13-17H2,1-6H3. The number of nitrogens with zero attached hydrogens (tertiary/aromatic N) is 2. The number of carbonyl (C=O) groups excluding carboxylic acids is 2. The fourth-order valence-electron chi connectivity index (χ4n) is 3.32. The molecule has 2 aromatic rings. The SMILES string of the molecule is Cc1ccc(CN(Cc2ccc(F)cc2)C(=O)CN(CC(C)C)C(=O)CC(C)(C)C)s1. The molecule has 2 amide bonds. The number of benzene rings is 1. The summed E-state index contributed by atoms with van der Waals surface area (Å²) in [6, 6.07) is 10.3. The van der Waals surface area contributed by atoms with Crippen molar-refractivity contribution in [2.45, 2.75) is 61.1 Å². The lowest BCUT2D eigenvalue weighted by atomic mass is 9.91. The largest absolute Gasteiger partial charge is 0.333 e. The van der Waals surface area contributed by atoms with Crippen LogP contribution >= 0.6 is 11.3 Å². The van der Waals surface area contributed by atoms with Gasteiger partial charge in [-0.25, -0.2) is 4.39 Å². The van der Waals surface area contributed by atoms with Gasteiger partial charge in [-0.2, -0.15) is 0 Å². The van der Waals surface area contributed by atoms with Crippen LogP contribution in [0.5, 0.6) is 0 Å². The number of hydrogen-bond donors (Lipinski definition) is 0. The van der Waals surface area contributed by atoms with E-state index in [2.05, 4.69) is 0 Å². The second-order valence-electron chi connectivity index (χ2n) is 9.79. The van der Waals surface area contributed by atoms with Crippen LogP contribution in [0.15, 0.2) is 36.4 Å². The second kappa shape index (κ2) is 10.9. The number of carbonyl (C=O) groups is 2. The van der Waals surface area contributed by atoms with E-state index in [1.165, 1.54) is 17.0 Å². The molecule has 0 bridgehead atoms. The molecular weight excluding hydrogens is 411 g/mol. The lowest BCUT2D eigenvalue weighted by molar-refractivity contribution is -0.142. The monoisotopic (exact) mass is 446 g/mol. The average Bonchev–Trinajstić information content (AvgIpc) is 3.05. The first-order chi connectivity index (χ1) is 14.4. The van der Waals surface area contributed by atoms with E-state index < -0.39 is 0 Å². The first kappa shape index (κ1) is 25.1. The van der Waals surface area contributed by atoms with Gasteiger partial charge in [-0.15, -0.1) is 11.3 Å². The van der Waals surface area contributed by atoms with Crippen LogP contribution in [0.4, 0.5) is 4.39 Å². The van der Waals surface area contributed by atoms with Gasteiger partial charge in [0.2, 0.25) is 11.8 Å². The fraction of sp³-hybridized carbons (Fsp3) is 0.520. The van der Waals surface area contributed by atoms with Crippen LogP contribution in [-0.2, 0) is 22.7 Å². The third kappa shape index (κ3) is 8.82. The average molecular weight is 447 g/mol. The number of amides is 2. The third-order valence-electron chi connectivity index (χ3n) is 4.73. The van der Waals surface area contributed by atoms with E-state index in [1.54, 1.807) is 33.3 Å². The molecule has 0 spiro atoms. The number of aryl methyl sites for hydroxylation is 1. The molecule has 0 aliphatic carbocycles. The Hall–Kier alpha value is -2.21. The summed E-state index contributed by atoms with van der Waals surface area (Å²) in [5.41, 5.74) is 0.719. The van der Waals surface area contributed by atoms with E-state index in [9.17, 15) is 14.0 Å². The molecule has 0 saturated carbocycles. The predicted octanol–water partition coefficient (Wildman–Crippen LogP) is 5.65. The summed E-state index contributed by atoms with van der Waals surface area (Å²) in [4.78, 5) is 32.0. The Kier molecular flexibility index (Phi) is 8.80. The second-order valence-corrected chi connectivity index (χ2v) is 11.2. The Morgan fingerprint density at radius 1 is 0.968 bits per heavy atom. The Morgan fingerprint density at radius 2 is 1.61 bits per heavy atom. The fourth-order valence-corrected chi connectivity index (χ4v) is 4.23. The molecule has 170 valence electrons. The van der Waals surface area contributed by atoms with Crippen molar-refractivity contribution < 1.29 is 14.0 Å². The molecule has 0 aliphatic rings. The molecule has 0 saturated heterocycles. The molecule has 0 unspecified atom stereocenters. The minimum atomic E-state index is -0.300. The summed E-state index contributed by atoms with van der Waals surface area (Å²) in [5.74, 6) is -0.129. The third-order valence-corrected chi connectivity index (χ3v) is 5.71. The topological polar surface area (TPSA) is 40.6 Å². The lowest BCUT2D eigenvalue weighted by Gasteiger charge is -2.30. The van der Waals surface area contributed by atoms with Gasteiger partial charge in [0.25, 0.3) is 0 Å². The van der Waals surface area contributed by atoms with Gasteiger partial charge in [-0.1, -0.05) is 46.8 Å². The number of rotatable bonds is 9. The van der Waals surface area contributed by atoms with Crippen molar-refractivity contribution in [2.75, 3.05) is 13.1 Å². The maximum absolute atomic E-state index is 13.4. The zero-order chi connectivity index (χ0) is 23.2. The quantitative estimate of drug-likeness (QED) is 0.500. The molecule has 0 atom stereocenters. The van der Waals surface area contributed by atoms with Gasteiger partial charge in [-0.05, 0) is 48.1 Å². The minimum absolute atomic E-state index is 0.00301. The van der Waals surface area contributed by atoms with Gasteiger partial charge >= 0.3 is 0 Å². The number of hydrogen-bond acceptors (Lipinski definition) is 3. The smallest absolute Gasteiger partial charge is 0.242 e. The maximum Gasteiger partial charge on any atom is 0.242 e. The Balaban J connectivity index is 2.21. The van der Waals surface area contributed by atoms with E-state index in [-0.39, 0.29) is 35.5 Å².